The Kier molecular flexibility index (Phi) is 4.52. The van der Waals surface area contributed by atoms with Crippen molar-refractivity contribution in [1.29, 1.82) is 0 Å². The summed E-state index contributed by atoms with van der Waals surface area (Å²) in [6.07, 6.45) is 4.71. The van der Waals surface area contributed by atoms with Gasteiger partial charge in [0, 0.05) is 29.7 Å². The van der Waals surface area contributed by atoms with E-state index in [-0.39, 0.29) is 11.1 Å². The minimum Gasteiger partial charge on any atom is -0.342 e. The Balaban J connectivity index is 2.41. The molecule has 0 aromatic rings. The van der Waals surface area contributed by atoms with Gasteiger partial charge in [-0.2, -0.15) is 0 Å². The van der Waals surface area contributed by atoms with Crippen LogP contribution in [-0.4, -0.2) is 65.8 Å². The van der Waals surface area contributed by atoms with Gasteiger partial charge in [-0.3, -0.25) is 15.0 Å². The quantitative estimate of drug-likeness (QED) is 0.575. The molecule has 0 fully saturated rings. The van der Waals surface area contributed by atoms with Crippen molar-refractivity contribution in [3.05, 3.63) is 33.9 Å². The Morgan fingerprint density at radius 3 is 2.52 bits per heavy atom. The fourth-order valence-electron chi connectivity index (χ4n) is 2.43. The van der Waals surface area contributed by atoms with Crippen molar-refractivity contribution < 1.29 is 4.92 Å². The predicted molar refractivity (Wildman–Crippen MR) is 83.3 cm³/mol. The first-order chi connectivity index (χ1) is 9.97. The van der Waals surface area contributed by atoms with Crippen LogP contribution < -0.4 is 0 Å². The lowest BCUT2D eigenvalue weighted by Gasteiger charge is -2.32. The van der Waals surface area contributed by atoms with Crippen molar-refractivity contribution in [3.8, 4) is 0 Å². The van der Waals surface area contributed by atoms with Gasteiger partial charge in [-0.05, 0) is 40.1 Å². The number of nitrogens with zero attached hydrogens (tertiary/aromatic N) is 5. The number of hydrogen-bond acceptors (Lipinski definition) is 6. The number of rotatable bonds is 4. The van der Waals surface area contributed by atoms with Crippen LogP contribution in [0.5, 0.6) is 0 Å². The number of aliphatic imine (C=N–C) groups is 2. The maximum Gasteiger partial charge on any atom is 0.250 e. The molecule has 0 spiro atoms. The lowest BCUT2D eigenvalue weighted by Crippen LogP contribution is -2.41. The molecule has 7 nitrogen and oxygen atoms in total. The highest BCUT2D eigenvalue weighted by atomic mass is 16.6. The number of fused-ring (bicyclic) bond motifs is 1. The van der Waals surface area contributed by atoms with E-state index < -0.39 is 6.04 Å². The van der Waals surface area contributed by atoms with E-state index in [4.69, 9.17) is 0 Å². The van der Waals surface area contributed by atoms with Crippen LogP contribution in [-0.2, 0) is 0 Å². The SMILES string of the molecule is CCN(CC)C1=NC(N(C)C)C2=CC([N+](=O)[O-])C=CC2=N1. The van der Waals surface area contributed by atoms with E-state index in [1.54, 1.807) is 18.2 Å². The van der Waals surface area contributed by atoms with Crippen LogP contribution >= 0.6 is 0 Å². The summed E-state index contributed by atoms with van der Waals surface area (Å²) in [6, 6.07) is -0.799. The maximum absolute atomic E-state index is 11.0. The smallest absolute Gasteiger partial charge is 0.250 e. The third-order valence-electron chi connectivity index (χ3n) is 3.61. The maximum atomic E-state index is 11.0. The highest BCUT2D eigenvalue weighted by molar-refractivity contribution is 6.16. The third kappa shape index (κ3) is 3.02. The van der Waals surface area contributed by atoms with Crippen LogP contribution in [0.4, 0.5) is 0 Å². The van der Waals surface area contributed by atoms with Gasteiger partial charge in [0.05, 0.1) is 5.71 Å². The zero-order valence-corrected chi connectivity index (χ0v) is 12.9. The second kappa shape index (κ2) is 6.17. The average molecular weight is 291 g/mol. The lowest BCUT2D eigenvalue weighted by atomic mass is 9.97. The van der Waals surface area contributed by atoms with Crippen LogP contribution in [0, 0.1) is 10.1 Å². The van der Waals surface area contributed by atoms with Gasteiger partial charge in [-0.25, -0.2) is 9.98 Å². The summed E-state index contributed by atoms with van der Waals surface area (Å²) in [4.78, 5) is 23.9. The minimum absolute atomic E-state index is 0.236. The number of guanidine groups is 1. The summed E-state index contributed by atoms with van der Waals surface area (Å²) in [5.74, 6) is 0.690. The molecular weight excluding hydrogens is 270 g/mol. The van der Waals surface area contributed by atoms with E-state index in [1.165, 1.54) is 0 Å². The second-order valence-electron chi connectivity index (χ2n) is 5.19. The molecule has 2 unspecified atom stereocenters. The van der Waals surface area contributed by atoms with Crippen LogP contribution in [0.2, 0.25) is 0 Å². The molecule has 0 N–H and O–H groups in total. The Morgan fingerprint density at radius 1 is 1.33 bits per heavy atom. The molecule has 1 aliphatic carbocycles. The topological polar surface area (TPSA) is 74.3 Å². The molecule has 7 heteroatoms. The van der Waals surface area contributed by atoms with E-state index in [1.807, 2.05) is 19.0 Å². The van der Waals surface area contributed by atoms with E-state index in [2.05, 4.69) is 28.7 Å². The molecule has 0 amide bonds. The van der Waals surface area contributed by atoms with Crippen molar-refractivity contribution in [2.75, 3.05) is 27.2 Å². The summed E-state index contributed by atoms with van der Waals surface area (Å²) < 4.78 is 0. The lowest BCUT2D eigenvalue weighted by molar-refractivity contribution is -0.496. The molecule has 0 saturated carbocycles. The zero-order chi connectivity index (χ0) is 15.6. The summed E-state index contributed by atoms with van der Waals surface area (Å²) in [5.41, 5.74) is 1.57. The fraction of sp³-hybridized carbons (Fsp3) is 0.571. The number of nitro groups is 1. The molecule has 0 aromatic carbocycles. The zero-order valence-electron chi connectivity index (χ0n) is 12.9. The van der Waals surface area contributed by atoms with Gasteiger partial charge >= 0.3 is 0 Å². The Morgan fingerprint density at radius 2 is 2.00 bits per heavy atom. The van der Waals surface area contributed by atoms with Gasteiger partial charge in [0.15, 0.2) is 0 Å². The van der Waals surface area contributed by atoms with Crippen LogP contribution in [0.1, 0.15) is 13.8 Å². The van der Waals surface area contributed by atoms with Gasteiger partial charge in [0.2, 0.25) is 5.96 Å². The standard InChI is InChI=1S/C14H21N5O2/c1-5-18(6-2)14-15-12-8-7-10(19(20)21)9-11(12)13(16-14)17(3)4/h7-10,13H,5-6H2,1-4H3. The molecule has 2 atom stereocenters. The van der Waals surface area contributed by atoms with Gasteiger partial charge in [0.1, 0.15) is 6.17 Å². The third-order valence-corrected chi connectivity index (χ3v) is 3.61. The first kappa shape index (κ1) is 15.4. The fourth-order valence-corrected chi connectivity index (χ4v) is 2.43. The van der Waals surface area contributed by atoms with Crippen molar-refractivity contribution in [3.63, 3.8) is 0 Å². The van der Waals surface area contributed by atoms with Crippen molar-refractivity contribution in [1.82, 2.24) is 9.80 Å². The largest absolute Gasteiger partial charge is 0.342 e. The Bertz CT molecular complexity index is 544. The molecule has 2 aliphatic rings. The van der Waals surface area contributed by atoms with Crippen molar-refractivity contribution >= 4 is 11.7 Å². The van der Waals surface area contributed by atoms with Gasteiger partial charge in [-0.15, -0.1) is 0 Å². The second-order valence-corrected chi connectivity index (χ2v) is 5.19. The first-order valence-corrected chi connectivity index (χ1v) is 7.09. The van der Waals surface area contributed by atoms with Crippen molar-refractivity contribution in [2.24, 2.45) is 9.98 Å². The summed E-state index contributed by atoms with van der Waals surface area (Å²) in [5, 5.41) is 11.0. The molecule has 0 aromatic heterocycles. The molecule has 1 heterocycles. The Labute approximate surface area is 124 Å². The van der Waals surface area contributed by atoms with Gasteiger partial charge in [-0.1, -0.05) is 0 Å². The number of likely N-dealkylation sites (N-methyl/N-ethyl adjacent to an activating group) is 1. The molecule has 1 aliphatic heterocycles. The van der Waals surface area contributed by atoms with Crippen molar-refractivity contribution in [2.45, 2.75) is 26.1 Å². The summed E-state index contributed by atoms with van der Waals surface area (Å²) >= 11 is 0. The molecule has 0 radical (unpaired) electrons. The first-order valence-electron chi connectivity index (χ1n) is 7.09. The van der Waals surface area contributed by atoms with E-state index >= 15 is 0 Å². The monoisotopic (exact) mass is 291 g/mol. The minimum atomic E-state index is -0.799. The number of allylic oxidation sites excluding steroid dienone is 1. The van der Waals surface area contributed by atoms with E-state index in [0.29, 0.717) is 5.96 Å². The molecule has 0 saturated heterocycles. The van der Waals surface area contributed by atoms with E-state index in [9.17, 15) is 10.1 Å². The van der Waals surface area contributed by atoms with Crippen LogP contribution in [0.15, 0.2) is 33.8 Å². The highest BCUT2D eigenvalue weighted by Crippen LogP contribution is 2.23. The molecular formula is C14H21N5O2. The van der Waals surface area contributed by atoms with E-state index in [0.717, 1.165) is 24.4 Å². The summed E-state index contributed by atoms with van der Waals surface area (Å²) in [6.45, 7) is 5.77. The normalized spacial score (nSPS) is 24.1. The molecule has 21 heavy (non-hydrogen) atoms. The Hall–Kier alpha value is -2.02. The molecule has 2 rings (SSSR count). The average Bonchev–Trinajstić information content (AvgIpc) is 2.46. The predicted octanol–water partition coefficient (Wildman–Crippen LogP) is 1.17. The molecule has 114 valence electrons. The van der Waals surface area contributed by atoms with Crippen LogP contribution in [0.25, 0.3) is 0 Å². The highest BCUT2D eigenvalue weighted by Gasteiger charge is 2.31. The molecule has 0 bridgehead atoms. The number of hydrogen-bond donors (Lipinski definition) is 0. The van der Waals surface area contributed by atoms with Gasteiger partial charge in [0.25, 0.3) is 6.04 Å². The van der Waals surface area contributed by atoms with Gasteiger partial charge < -0.3 is 4.90 Å². The van der Waals surface area contributed by atoms with Crippen LogP contribution in [0.3, 0.4) is 0 Å². The summed E-state index contributed by atoms with van der Waals surface area (Å²) in [7, 11) is 3.83.